The SMILES string of the molecule is CC(C)(C)OC(=O)[C@@H](Cc1ccc(O)cc1)C(C)(C)C. The quantitative estimate of drug-likeness (QED) is 0.852. The Morgan fingerprint density at radius 1 is 1.10 bits per heavy atom. The van der Waals surface area contributed by atoms with Gasteiger partial charge in [-0.05, 0) is 50.3 Å². The Hall–Kier alpha value is -1.51. The van der Waals surface area contributed by atoms with Crippen molar-refractivity contribution < 1.29 is 14.6 Å². The summed E-state index contributed by atoms with van der Waals surface area (Å²) >= 11 is 0. The number of phenolic OH excluding ortho intramolecular Hbond substituents is 1. The first-order valence-corrected chi connectivity index (χ1v) is 7.00. The number of aromatic hydroxyl groups is 1. The van der Waals surface area contributed by atoms with Crippen LogP contribution in [0.3, 0.4) is 0 Å². The van der Waals surface area contributed by atoms with Gasteiger partial charge in [0, 0.05) is 0 Å². The molecule has 0 heterocycles. The van der Waals surface area contributed by atoms with Crippen molar-refractivity contribution in [1.29, 1.82) is 0 Å². The van der Waals surface area contributed by atoms with E-state index in [9.17, 15) is 9.90 Å². The second-order valence-electron chi connectivity index (χ2n) is 7.32. The van der Waals surface area contributed by atoms with Crippen molar-refractivity contribution in [2.75, 3.05) is 0 Å². The van der Waals surface area contributed by atoms with E-state index < -0.39 is 5.60 Å². The Labute approximate surface area is 122 Å². The highest BCUT2D eigenvalue weighted by Gasteiger charge is 2.34. The van der Waals surface area contributed by atoms with Gasteiger partial charge < -0.3 is 9.84 Å². The smallest absolute Gasteiger partial charge is 0.310 e. The Morgan fingerprint density at radius 3 is 2.00 bits per heavy atom. The molecule has 0 aliphatic heterocycles. The van der Waals surface area contributed by atoms with Crippen LogP contribution < -0.4 is 0 Å². The molecule has 0 saturated heterocycles. The van der Waals surface area contributed by atoms with Crippen molar-refractivity contribution in [1.82, 2.24) is 0 Å². The monoisotopic (exact) mass is 278 g/mol. The zero-order chi connectivity index (χ0) is 15.6. The van der Waals surface area contributed by atoms with Gasteiger partial charge >= 0.3 is 5.97 Å². The summed E-state index contributed by atoms with van der Waals surface area (Å²) in [5, 5.41) is 9.32. The highest BCUT2D eigenvalue weighted by molar-refractivity contribution is 5.74. The Bertz CT molecular complexity index is 447. The maximum Gasteiger partial charge on any atom is 0.310 e. The van der Waals surface area contributed by atoms with E-state index in [0.717, 1.165) is 5.56 Å². The highest BCUT2D eigenvalue weighted by Crippen LogP contribution is 2.31. The van der Waals surface area contributed by atoms with Crippen LogP contribution in [0.1, 0.15) is 47.1 Å². The molecule has 1 N–H and O–H groups in total. The van der Waals surface area contributed by atoms with Gasteiger partial charge in [-0.1, -0.05) is 32.9 Å². The number of esters is 1. The molecule has 0 amide bonds. The standard InChI is InChI=1S/C17H26O3/c1-16(2,3)14(15(19)20-17(4,5)6)11-12-7-9-13(18)10-8-12/h7-10,14,18H,11H2,1-6H3/t14-/m1/s1. The zero-order valence-electron chi connectivity index (χ0n) is 13.4. The Kier molecular flexibility index (Phi) is 4.85. The van der Waals surface area contributed by atoms with E-state index in [1.807, 2.05) is 53.7 Å². The van der Waals surface area contributed by atoms with Crippen LogP contribution in [0.4, 0.5) is 0 Å². The summed E-state index contributed by atoms with van der Waals surface area (Å²) in [5.41, 5.74) is 0.365. The third kappa shape index (κ3) is 5.24. The molecule has 0 bridgehead atoms. The first kappa shape index (κ1) is 16.5. The fourth-order valence-electron chi connectivity index (χ4n) is 1.98. The molecule has 112 valence electrons. The van der Waals surface area contributed by atoms with Gasteiger partial charge in [-0.25, -0.2) is 0 Å². The number of phenols is 1. The van der Waals surface area contributed by atoms with Gasteiger partial charge in [0.15, 0.2) is 0 Å². The molecule has 3 nitrogen and oxygen atoms in total. The van der Waals surface area contributed by atoms with Gasteiger partial charge in [-0.2, -0.15) is 0 Å². The van der Waals surface area contributed by atoms with Crippen molar-refractivity contribution in [3.8, 4) is 5.75 Å². The molecule has 0 unspecified atom stereocenters. The van der Waals surface area contributed by atoms with E-state index >= 15 is 0 Å². The first-order valence-electron chi connectivity index (χ1n) is 7.00. The second kappa shape index (κ2) is 5.86. The van der Waals surface area contributed by atoms with Crippen LogP contribution in [0, 0.1) is 11.3 Å². The second-order valence-corrected chi connectivity index (χ2v) is 7.32. The summed E-state index contributed by atoms with van der Waals surface area (Å²) in [6.07, 6.45) is 0.610. The molecule has 3 heteroatoms. The average molecular weight is 278 g/mol. The number of hydrogen-bond donors (Lipinski definition) is 1. The number of ether oxygens (including phenoxy) is 1. The predicted octanol–water partition coefficient (Wildman–Crippen LogP) is 3.94. The molecule has 1 aromatic rings. The normalized spacial score (nSPS) is 13.9. The average Bonchev–Trinajstić information content (AvgIpc) is 2.24. The minimum atomic E-state index is -0.477. The van der Waals surface area contributed by atoms with Crippen molar-refractivity contribution in [2.24, 2.45) is 11.3 Å². The van der Waals surface area contributed by atoms with Crippen LogP contribution in [0.15, 0.2) is 24.3 Å². The van der Waals surface area contributed by atoms with Crippen molar-refractivity contribution in [3.63, 3.8) is 0 Å². The van der Waals surface area contributed by atoms with Gasteiger partial charge in [-0.15, -0.1) is 0 Å². The summed E-state index contributed by atoms with van der Waals surface area (Å²) in [7, 11) is 0. The molecule has 0 aliphatic rings. The van der Waals surface area contributed by atoms with Gasteiger partial charge in [-0.3, -0.25) is 4.79 Å². The maximum absolute atomic E-state index is 12.4. The predicted molar refractivity (Wildman–Crippen MR) is 80.6 cm³/mol. The summed E-state index contributed by atoms with van der Waals surface area (Å²) in [6, 6.07) is 6.98. The lowest BCUT2D eigenvalue weighted by atomic mass is 9.77. The summed E-state index contributed by atoms with van der Waals surface area (Å²) < 4.78 is 5.53. The number of hydrogen-bond acceptors (Lipinski definition) is 3. The van der Waals surface area contributed by atoms with E-state index in [0.29, 0.717) is 6.42 Å². The molecule has 1 rings (SSSR count). The minimum absolute atomic E-state index is 0.168. The fraction of sp³-hybridized carbons (Fsp3) is 0.588. The molecule has 0 fully saturated rings. The molecule has 0 radical (unpaired) electrons. The van der Waals surface area contributed by atoms with E-state index in [1.54, 1.807) is 12.1 Å². The molecule has 0 spiro atoms. The lowest BCUT2D eigenvalue weighted by molar-refractivity contribution is -0.163. The molecule has 0 aromatic heterocycles. The summed E-state index contributed by atoms with van der Waals surface area (Å²) in [6.45, 7) is 11.8. The van der Waals surface area contributed by atoms with Crippen molar-refractivity contribution in [3.05, 3.63) is 29.8 Å². The lowest BCUT2D eigenvalue weighted by Gasteiger charge is -2.32. The van der Waals surface area contributed by atoms with Crippen LogP contribution in [0.5, 0.6) is 5.75 Å². The van der Waals surface area contributed by atoms with Crippen LogP contribution in [-0.2, 0) is 16.0 Å². The molecule has 1 atom stereocenters. The Morgan fingerprint density at radius 2 is 1.60 bits per heavy atom. The van der Waals surface area contributed by atoms with Gasteiger partial charge in [0.25, 0.3) is 0 Å². The summed E-state index contributed by atoms with van der Waals surface area (Å²) in [5.74, 6) is -0.150. The third-order valence-electron chi connectivity index (χ3n) is 3.11. The van der Waals surface area contributed by atoms with Crippen molar-refractivity contribution >= 4 is 5.97 Å². The highest BCUT2D eigenvalue weighted by atomic mass is 16.6. The van der Waals surface area contributed by atoms with E-state index in [-0.39, 0.29) is 23.1 Å². The fourth-order valence-corrected chi connectivity index (χ4v) is 1.98. The van der Waals surface area contributed by atoms with E-state index in [1.165, 1.54) is 0 Å². The summed E-state index contributed by atoms with van der Waals surface area (Å²) in [4.78, 5) is 12.4. The molecular weight excluding hydrogens is 252 g/mol. The molecule has 0 aliphatic carbocycles. The molecule has 20 heavy (non-hydrogen) atoms. The zero-order valence-corrected chi connectivity index (χ0v) is 13.4. The van der Waals surface area contributed by atoms with E-state index in [4.69, 9.17) is 4.74 Å². The van der Waals surface area contributed by atoms with Crippen LogP contribution in [0.2, 0.25) is 0 Å². The molecular formula is C17H26O3. The van der Waals surface area contributed by atoms with Crippen molar-refractivity contribution in [2.45, 2.75) is 53.6 Å². The van der Waals surface area contributed by atoms with Gasteiger partial charge in [0.05, 0.1) is 5.92 Å². The number of carbonyl (C=O) groups is 1. The van der Waals surface area contributed by atoms with Gasteiger partial charge in [0.2, 0.25) is 0 Å². The van der Waals surface area contributed by atoms with Crippen LogP contribution in [0.25, 0.3) is 0 Å². The number of rotatable bonds is 3. The van der Waals surface area contributed by atoms with Crippen LogP contribution >= 0.6 is 0 Å². The first-order chi connectivity index (χ1) is 8.99. The topological polar surface area (TPSA) is 46.5 Å². The Balaban J connectivity index is 2.91. The third-order valence-corrected chi connectivity index (χ3v) is 3.11. The number of carbonyl (C=O) groups excluding carboxylic acids is 1. The lowest BCUT2D eigenvalue weighted by Crippen LogP contribution is -2.36. The maximum atomic E-state index is 12.4. The number of benzene rings is 1. The van der Waals surface area contributed by atoms with E-state index in [2.05, 4.69) is 0 Å². The minimum Gasteiger partial charge on any atom is -0.508 e. The van der Waals surface area contributed by atoms with Crippen LogP contribution in [-0.4, -0.2) is 16.7 Å². The molecule has 0 saturated carbocycles. The molecule has 1 aromatic carbocycles. The van der Waals surface area contributed by atoms with Gasteiger partial charge in [0.1, 0.15) is 11.4 Å². The largest absolute Gasteiger partial charge is 0.508 e.